The molecular weight excluding hydrogens is 269 g/mol. The van der Waals surface area contributed by atoms with Gasteiger partial charge in [0.1, 0.15) is 0 Å². The fourth-order valence-corrected chi connectivity index (χ4v) is 2.76. The van der Waals surface area contributed by atoms with Gasteiger partial charge in [-0.3, -0.25) is 4.79 Å². The number of methoxy groups -OCH3 is 1. The summed E-state index contributed by atoms with van der Waals surface area (Å²) in [6, 6.07) is 5.01. The SMILES string of the molecule is CCC1CCCCN1C(=O)C=Cc1ccc(OC)c(F)c1. The van der Waals surface area contributed by atoms with Crippen molar-refractivity contribution in [2.45, 2.75) is 38.6 Å². The summed E-state index contributed by atoms with van der Waals surface area (Å²) in [6.45, 7) is 2.93. The number of hydrogen-bond acceptors (Lipinski definition) is 2. The number of hydrogen-bond donors (Lipinski definition) is 0. The molecule has 4 heteroatoms. The van der Waals surface area contributed by atoms with Crippen LogP contribution in [0.5, 0.6) is 5.75 Å². The standard InChI is InChI=1S/C17H22FNO2/c1-3-14-6-4-5-11-19(14)17(20)10-8-13-7-9-16(21-2)15(18)12-13/h7-10,12,14H,3-6,11H2,1-2H3. The zero-order chi connectivity index (χ0) is 15.2. The smallest absolute Gasteiger partial charge is 0.246 e. The molecule has 1 unspecified atom stereocenters. The molecule has 3 nitrogen and oxygen atoms in total. The van der Waals surface area contributed by atoms with E-state index in [2.05, 4.69) is 6.92 Å². The molecule has 114 valence electrons. The van der Waals surface area contributed by atoms with Gasteiger partial charge in [0, 0.05) is 18.7 Å². The zero-order valence-corrected chi connectivity index (χ0v) is 12.6. The minimum atomic E-state index is -0.420. The Kier molecular flexibility index (Phi) is 5.37. The number of carbonyl (C=O) groups excluding carboxylic acids is 1. The number of nitrogens with zero attached hydrogens (tertiary/aromatic N) is 1. The average molecular weight is 291 g/mol. The molecule has 2 rings (SSSR count). The Labute approximate surface area is 125 Å². The highest BCUT2D eigenvalue weighted by molar-refractivity contribution is 5.92. The van der Waals surface area contributed by atoms with Crippen LogP contribution in [-0.2, 0) is 4.79 Å². The van der Waals surface area contributed by atoms with Gasteiger partial charge in [0.25, 0.3) is 0 Å². The summed E-state index contributed by atoms with van der Waals surface area (Å²) in [4.78, 5) is 14.2. The molecule has 1 amide bonds. The lowest BCUT2D eigenvalue weighted by Gasteiger charge is -2.34. The first-order chi connectivity index (χ1) is 10.2. The van der Waals surface area contributed by atoms with Crippen LogP contribution < -0.4 is 4.74 Å². The van der Waals surface area contributed by atoms with E-state index in [1.165, 1.54) is 25.7 Å². The number of amides is 1. The first-order valence-electron chi connectivity index (χ1n) is 7.48. The fourth-order valence-electron chi connectivity index (χ4n) is 2.76. The highest BCUT2D eigenvalue weighted by Gasteiger charge is 2.23. The van der Waals surface area contributed by atoms with Crippen molar-refractivity contribution in [2.24, 2.45) is 0 Å². The highest BCUT2D eigenvalue weighted by Crippen LogP contribution is 2.21. The van der Waals surface area contributed by atoms with E-state index in [1.807, 2.05) is 4.90 Å². The van der Waals surface area contributed by atoms with E-state index >= 15 is 0 Å². The number of benzene rings is 1. The second-order valence-corrected chi connectivity index (χ2v) is 5.32. The van der Waals surface area contributed by atoms with E-state index < -0.39 is 5.82 Å². The lowest BCUT2D eigenvalue weighted by atomic mass is 10.00. The molecule has 1 saturated heterocycles. The predicted octanol–water partition coefficient (Wildman–Crippen LogP) is 3.64. The molecule has 1 aromatic carbocycles. The summed E-state index contributed by atoms with van der Waals surface area (Å²) in [6.07, 6.45) is 7.51. The molecular formula is C17H22FNO2. The molecule has 0 spiro atoms. The van der Waals surface area contributed by atoms with Crippen LogP contribution >= 0.6 is 0 Å². The van der Waals surface area contributed by atoms with Crippen LogP contribution in [0, 0.1) is 5.82 Å². The third-order valence-electron chi connectivity index (χ3n) is 3.98. The summed E-state index contributed by atoms with van der Waals surface area (Å²) in [5.74, 6) is -0.199. The van der Waals surface area contributed by atoms with Gasteiger partial charge in [0.2, 0.25) is 5.91 Å². The third kappa shape index (κ3) is 3.84. The molecule has 0 aliphatic carbocycles. The summed E-state index contributed by atoms with van der Waals surface area (Å²) >= 11 is 0. The molecule has 1 aliphatic rings. The molecule has 21 heavy (non-hydrogen) atoms. The van der Waals surface area contributed by atoms with Crippen LogP contribution in [0.4, 0.5) is 4.39 Å². The number of likely N-dealkylation sites (tertiary alicyclic amines) is 1. The Morgan fingerprint density at radius 1 is 1.48 bits per heavy atom. The number of halogens is 1. The van der Waals surface area contributed by atoms with Crippen LogP contribution in [0.2, 0.25) is 0 Å². The van der Waals surface area contributed by atoms with E-state index in [9.17, 15) is 9.18 Å². The maximum absolute atomic E-state index is 13.6. The van der Waals surface area contributed by atoms with E-state index in [-0.39, 0.29) is 11.7 Å². The predicted molar refractivity (Wildman–Crippen MR) is 81.6 cm³/mol. The van der Waals surface area contributed by atoms with E-state index in [0.717, 1.165) is 25.8 Å². The molecule has 1 atom stereocenters. The molecule has 0 N–H and O–H groups in total. The topological polar surface area (TPSA) is 29.5 Å². The number of rotatable bonds is 4. The summed E-state index contributed by atoms with van der Waals surface area (Å²) in [5, 5.41) is 0. The van der Waals surface area contributed by atoms with Crippen LogP contribution in [0.25, 0.3) is 6.08 Å². The van der Waals surface area contributed by atoms with Gasteiger partial charge in [-0.15, -0.1) is 0 Å². The lowest BCUT2D eigenvalue weighted by molar-refractivity contribution is -0.129. The van der Waals surface area contributed by atoms with Crippen molar-refractivity contribution < 1.29 is 13.9 Å². The highest BCUT2D eigenvalue weighted by atomic mass is 19.1. The number of carbonyl (C=O) groups is 1. The lowest BCUT2D eigenvalue weighted by Crippen LogP contribution is -2.42. The van der Waals surface area contributed by atoms with Crippen LogP contribution in [0.15, 0.2) is 24.3 Å². The third-order valence-corrected chi connectivity index (χ3v) is 3.98. The normalized spacial score (nSPS) is 19.0. The van der Waals surface area contributed by atoms with Gasteiger partial charge >= 0.3 is 0 Å². The van der Waals surface area contributed by atoms with Crippen molar-refractivity contribution >= 4 is 12.0 Å². The number of ether oxygens (including phenoxy) is 1. The van der Waals surface area contributed by atoms with Crippen molar-refractivity contribution in [3.8, 4) is 5.75 Å². The molecule has 0 bridgehead atoms. The van der Waals surface area contributed by atoms with Crippen LogP contribution in [0.3, 0.4) is 0 Å². The first kappa shape index (κ1) is 15.5. The van der Waals surface area contributed by atoms with Gasteiger partial charge in [-0.2, -0.15) is 0 Å². The van der Waals surface area contributed by atoms with Crippen LogP contribution in [-0.4, -0.2) is 30.5 Å². The molecule has 0 radical (unpaired) electrons. The Morgan fingerprint density at radius 2 is 2.29 bits per heavy atom. The quantitative estimate of drug-likeness (QED) is 0.793. The number of piperidine rings is 1. The zero-order valence-electron chi connectivity index (χ0n) is 12.6. The molecule has 1 heterocycles. The Balaban J connectivity index is 2.05. The van der Waals surface area contributed by atoms with E-state index in [1.54, 1.807) is 18.2 Å². The summed E-state index contributed by atoms with van der Waals surface area (Å²) in [5.41, 5.74) is 0.659. The molecule has 0 aromatic heterocycles. The Bertz CT molecular complexity index is 528. The monoisotopic (exact) mass is 291 g/mol. The van der Waals surface area contributed by atoms with Gasteiger partial charge in [0.15, 0.2) is 11.6 Å². The van der Waals surface area contributed by atoms with Gasteiger partial charge < -0.3 is 9.64 Å². The maximum atomic E-state index is 13.6. The van der Waals surface area contributed by atoms with Crippen molar-refractivity contribution in [3.63, 3.8) is 0 Å². The Morgan fingerprint density at radius 3 is 2.95 bits per heavy atom. The van der Waals surface area contributed by atoms with E-state index in [0.29, 0.717) is 11.6 Å². The average Bonchev–Trinajstić information content (AvgIpc) is 2.52. The van der Waals surface area contributed by atoms with Crippen molar-refractivity contribution in [2.75, 3.05) is 13.7 Å². The molecule has 0 saturated carbocycles. The summed E-state index contributed by atoms with van der Waals surface area (Å²) in [7, 11) is 1.43. The van der Waals surface area contributed by atoms with Gasteiger partial charge in [-0.1, -0.05) is 13.0 Å². The molecule has 1 fully saturated rings. The van der Waals surface area contributed by atoms with Crippen molar-refractivity contribution in [1.82, 2.24) is 4.90 Å². The minimum Gasteiger partial charge on any atom is -0.494 e. The van der Waals surface area contributed by atoms with E-state index in [4.69, 9.17) is 4.74 Å². The van der Waals surface area contributed by atoms with Gasteiger partial charge in [-0.25, -0.2) is 4.39 Å². The Hall–Kier alpha value is -1.84. The second kappa shape index (κ2) is 7.25. The van der Waals surface area contributed by atoms with Gasteiger partial charge in [0.05, 0.1) is 7.11 Å². The van der Waals surface area contributed by atoms with Crippen LogP contribution in [0.1, 0.15) is 38.2 Å². The van der Waals surface area contributed by atoms with Crippen molar-refractivity contribution in [1.29, 1.82) is 0 Å². The summed E-state index contributed by atoms with van der Waals surface area (Å²) < 4.78 is 18.5. The second-order valence-electron chi connectivity index (χ2n) is 5.32. The van der Waals surface area contributed by atoms with Crippen molar-refractivity contribution in [3.05, 3.63) is 35.7 Å². The minimum absolute atomic E-state index is 0.0118. The maximum Gasteiger partial charge on any atom is 0.246 e. The fraction of sp³-hybridized carbons (Fsp3) is 0.471. The largest absolute Gasteiger partial charge is 0.494 e. The molecule has 1 aliphatic heterocycles. The first-order valence-corrected chi connectivity index (χ1v) is 7.48. The van der Waals surface area contributed by atoms with Gasteiger partial charge in [-0.05, 0) is 49.5 Å². The molecule has 1 aromatic rings.